The van der Waals surface area contributed by atoms with Crippen molar-refractivity contribution >= 4 is 5.78 Å². The summed E-state index contributed by atoms with van der Waals surface area (Å²) in [6, 6.07) is 7.74. The Labute approximate surface area is 104 Å². The minimum atomic E-state index is 0.326. The highest BCUT2D eigenvalue weighted by Gasteiger charge is 2.11. The third-order valence-electron chi connectivity index (χ3n) is 3.21. The van der Waals surface area contributed by atoms with Crippen LogP contribution < -0.4 is 4.74 Å². The van der Waals surface area contributed by atoms with Crippen molar-refractivity contribution in [2.24, 2.45) is 5.92 Å². The number of rotatable bonds is 7. The van der Waals surface area contributed by atoms with E-state index in [9.17, 15) is 4.79 Å². The summed E-state index contributed by atoms with van der Waals surface area (Å²) >= 11 is 0. The first-order valence-electron chi connectivity index (χ1n) is 6.34. The van der Waals surface area contributed by atoms with Crippen molar-refractivity contribution in [1.29, 1.82) is 0 Å². The van der Waals surface area contributed by atoms with E-state index in [1.165, 1.54) is 0 Å². The van der Waals surface area contributed by atoms with Crippen LogP contribution in [-0.2, 0) is 11.2 Å². The highest BCUT2D eigenvalue weighted by molar-refractivity contribution is 5.81. The van der Waals surface area contributed by atoms with Crippen LogP contribution in [0.3, 0.4) is 0 Å². The van der Waals surface area contributed by atoms with E-state index in [0.29, 0.717) is 24.5 Å². The van der Waals surface area contributed by atoms with Gasteiger partial charge in [-0.3, -0.25) is 4.79 Å². The summed E-state index contributed by atoms with van der Waals surface area (Å²) in [7, 11) is 1.64. The highest BCUT2D eigenvalue weighted by Crippen LogP contribution is 2.17. The third-order valence-corrected chi connectivity index (χ3v) is 3.21. The Kier molecular flexibility index (Phi) is 5.75. The molecule has 0 spiro atoms. The van der Waals surface area contributed by atoms with E-state index >= 15 is 0 Å². The summed E-state index contributed by atoms with van der Waals surface area (Å²) in [5.41, 5.74) is 1.04. The van der Waals surface area contributed by atoms with Crippen LogP contribution in [0.15, 0.2) is 24.3 Å². The minimum Gasteiger partial charge on any atom is -0.497 e. The molecule has 2 heteroatoms. The van der Waals surface area contributed by atoms with Gasteiger partial charge in [0.15, 0.2) is 0 Å². The number of methoxy groups -OCH3 is 1. The van der Waals surface area contributed by atoms with Crippen LogP contribution in [0.1, 0.15) is 38.7 Å². The van der Waals surface area contributed by atoms with E-state index < -0.39 is 0 Å². The predicted octanol–water partition coefficient (Wildman–Crippen LogP) is 3.63. The summed E-state index contributed by atoms with van der Waals surface area (Å²) in [5, 5.41) is 0. The first kappa shape index (κ1) is 13.8. The topological polar surface area (TPSA) is 26.3 Å². The van der Waals surface area contributed by atoms with Crippen LogP contribution in [0.2, 0.25) is 0 Å². The van der Waals surface area contributed by atoms with Crippen LogP contribution in [0, 0.1) is 5.92 Å². The summed E-state index contributed by atoms with van der Waals surface area (Å²) in [6.07, 6.45) is 3.39. The van der Waals surface area contributed by atoms with E-state index in [1.807, 2.05) is 24.3 Å². The van der Waals surface area contributed by atoms with Gasteiger partial charge in [0.05, 0.1) is 7.11 Å². The van der Waals surface area contributed by atoms with Gasteiger partial charge in [0.2, 0.25) is 0 Å². The molecule has 0 saturated carbocycles. The zero-order valence-electron chi connectivity index (χ0n) is 11.0. The Hall–Kier alpha value is -1.31. The maximum absolute atomic E-state index is 11.9. The van der Waals surface area contributed by atoms with Crippen LogP contribution in [-0.4, -0.2) is 12.9 Å². The number of hydrogen-bond donors (Lipinski definition) is 0. The van der Waals surface area contributed by atoms with Gasteiger partial charge in [-0.05, 0) is 23.6 Å². The van der Waals surface area contributed by atoms with Crippen LogP contribution in [0.5, 0.6) is 5.75 Å². The molecule has 0 aromatic heterocycles. The average Bonchev–Trinajstić information content (AvgIpc) is 2.36. The lowest BCUT2D eigenvalue weighted by Crippen LogP contribution is -2.09. The van der Waals surface area contributed by atoms with Crippen molar-refractivity contribution in [2.75, 3.05) is 7.11 Å². The van der Waals surface area contributed by atoms with Gasteiger partial charge in [-0.1, -0.05) is 38.8 Å². The van der Waals surface area contributed by atoms with Crippen LogP contribution in [0.4, 0.5) is 0 Å². The molecule has 0 N–H and O–H groups in total. The molecule has 0 aliphatic rings. The fourth-order valence-corrected chi connectivity index (χ4v) is 1.98. The van der Waals surface area contributed by atoms with E-state index in [-0.39, 0.29) is 0 Å². The monoisotopic (exact) mass is 234 g/mol. The maximum Gasteiger partial charge on any atom is 0.137 e. The molecule has 0 bridgehead atoms. The summed E-state index contributed by atoms with van der Waals surface area (Å²) in [6.45, 7) is 4.29. The fourth-order valence-electron chi connectivity index (χ4n) is 1.98. The summed E-state index contributed by atoms with van der Waals surface area (Å²) in [5.74, 6) is 1.68. The smallest absolute Gasteiger partial charge is 0.137 e. The van der Waals surface area contributed by atoms with Gasteiger partial charge in [-0.2, -0.15) is 0 Å². The molecule has 94 valence electrons. The molecule has 0 radical (unpaired) electrons. The molecular weight excluding hydrogens is 212 g/mol. The molecule has 1 aromatic rings. The first-order valence-corrected chi connectivity index (χ1v) is 6.34. The molecule has 2 nitrogen and oxygen atoms in total. The quantitative estimate of drug-likeness (QED) is 0.720. The van der Waals surface area contributed by atoms with Gasteiger partial charge in [-0.15, -0.1) is 0 Å². The van der Waals surface area contributed by atoms with E-state index in [4.69, 9.17) is 4.74 Å². The molecule has 0 atom stereocenters. The lowest BCUT2D eigenvalue weighted by molar-refractivity contribution is -0.119. The first-order chi connectivity index (χ1) is 8.19. The summed E-state index contributed by atoms with van der Waals surface area (Å²) in [4.78, 5) is 11.9. The van der Waals surface area contributed by atoms with Gasteiger partial charge in [0.1, 0.15) is 11.5 Å². The number of Topliss-reactive ketones (excluding diaryl/α,β-unsaturated/α-hetero) is 1. The number of hydrogen-bond acceptors (Lipinski definition) is 2. The number of ether oxygens (including phenoxy) is 1. The molecule has 1 aromatic carbocycles. The molecular formula is C15H22O2. The van der Waals surface area contributed by atoms with Crippen molar-refractivity contribution in [3.63, 3.8) is 0 Å². The summed E-state index contributed by atoms with van der Waals surface area (Å²) < 4.78 is 5.15. The second kappa shape index (κ2) is 7.10. The predicted molar refractivity (Wildman–Crippen MR) is 70.4 cm³/mol. The molecule has 0 amide bonds. The number of carbonyl (C=O) groups excluding carboxylic acids is 1. The van der Waals surface area contributed by atoms with E-state index in [0.717, 1.165) is 24.2 Å². The zero-order valence-corrected chi connectivity index (χ0v) is 11.0. The molecule has 0 saturated heterocycles. The van der Waals surface area contributed by atoms with E-state index in [1.54, 1.807) is 7.11 Å². The minimum absolute atomic E-state index is 0.326. The molecule has 0 unspecified atom stereocenters. The Balaban J connectivity index is 2.55. The molecule has 0 aliphatic carbocycles. The van der Waals surface area contributed by atoms with Crippen molar-refractivity contribution in [2.45, 2.75) is 39.5 Å². The average molecular weight is 234 g/mol. The SMILES string of the molecule is CCC(CC)CC(=O)Cc1cccc(OC)c1. The second-order valence-corrected chi connectivity index (χ2v) is 4.45. The maximum atomic E-state index is 11.9. The molecule has 17 heavy (non-hydrogen) atoms. The normalized spacial score (nSPS) is 10.6. The Morgan fingerprint density at radius 1 is 1.29 bits per heavy atom. The largest absolute Gasteiger partial charge is 0.497 e. The van der Waals surface area contributed by atoms with Crippen molar-refractivity contribution in [1.82, 2.24) is 0 Å². The molecule has 0 fully saturated rings. The lowest BCUT2D eigenvalue weighted by atomic mass is 9.94. The number of carbonyl (C=O) groups is 1. The Morgan fingerprint density at radius 3 is 2.59 bits per heavy atom. The van der Waals surface area contributed by atoms with Gasteiger partial charge >= 0.3 is 0 Å². The van der Waals surface area contributed by atoms with Crippen LogP contribution in [0.25, 0.3) is 0 Å². The van der Waals surface area contributed by atoms with Gasteiger partial charge in [0.25, 0.3) is 0 Å². The zero-order chi connectivity index (χ0) is 12.7. The Morgan fingerprint density at radius 2 is 2.00 bits per heavy atom. The van der Waals surface area contributed by atoms with E-state index in [2.05, 4.69) is 13.8 Å². The Bertz CT molecular complexity index is 354. The lowest BCUT2D eigenvalue weighted by Gasteiger charge is -2.11. The van der Waals surface area contributed by atoms with Crippen molar-refractivity contribution in [3.05, 3.63) is 29.8 Å². The molecule has 0 aliphatic heterocycles. The standard InChI is InChI=1S/C15H22O2/c1-4-12(5-2)9-14(16)10-13-7-6-8-15(11-13)17-3/h6-8,11-12H,4-5,9-10H2,1-3H3. The highest BCUT2D eigenvalue weighted by atomic mass is 16.5. The van der Waals surface area contributed by atoms with Gasteiger partial charge in [-0.25, -0.2) is 0 Å². The van der Waals surface area contributed by atoms with Gasteiger partial charge in [0, 0.05) is 12.8 Å². The number of ketones is 1. The second-order valence-electron chi connectivity index (χ2n) is 4.45. The third kappa shape index (κ3) is 4.59. The molecule has 1 rings (SSSR count). The molecule has 0 heterocycles. The fraction of sp³-hybridized carbons (Fsp3) is 0.533. The van der Waals surface area contributed by atoms with Gasteiger partial charge < -0.3 is 4.74 Å². The van der Waals surface area contributed by atoms with Crippen LogP contribution >= 0.6 is 0 Å². The van der Waals surface area contributed by atoms with Crippen molar-refractivity contribution < 1.29 is 9.53 Å². The number of benzene rings is 1. The van der Waals surface area contributed by atoms with Crippen molar-refractivity contribution in [3.8, 4) is 5.75 Å².